The molecular formula is C67H146Cl2F2N8W4-4. The number of unbranched alkanes of at least 4 members (excludes halogenated alkanes) is 1. The van der Waals surface area contributed by atoms with Gasteiger partial charge < -0.3 is 29.7 Å². The number of hydrogen-bond acceptors (Lipinski definition) is 8. The van der Waals surface area contributed by atoms with Crippen LogP contribution in [0.2, 0.25) is 0 Å². The van der Waals surface area contributed by atoms with E-state index >= 15 is 0 Å². The molecule has 83 heavy (non-hydrogen) atoms. The zero-order valence-corrected chi connectivity index (χ0v) is 74.9. The number of nitrogens with zero attached hydrogens (tertiary/aromatic N) is 8. The van der Waals surface area contributed by atoms with E-state index in [4.69, 9.17) is 18.8 Å². The Morgan fingerprint density at radius 3 is 0.723 bits per heavy atom. The van der Waals surface area contributed by atoms with Gasteiger partial charge in [-0.3, -0.25) is 0 Å². The fourth-order valence-electron chi connectivity index (χ4n) is 8.02. The molecular weight excluding hydrogens is 1760 g/mol. The Hall–Kier alpha value is 1.59. The van der Waals surface area contributed by atoms with Gasteiger partial charge in [0.2, 0.25) is 0 Å². The predicted molar refractivity (Wildman–Crippen MR) is 360 cm³/mol. The van der Waals surface area contributed by atoms with Crippen molar-refractivity contribution in [3.05, 3.63) is 29.7 Å². The van der Waals surface area contributed by atoms with Gasteiger partial charge in [-0.05, 0) is 41.9 Å². The smallest absolute Gasteiger partial charge is 0.0414 e. The van der Waals surface area contributed by atoms with E-state index in [9.17, 15) is 6.32 Å². The molecule has 0 saturated heterocycles. The van der Waals surface area contributed by atoms with Gasteiger partial charge in [0.05, 0.1) is 0 Å². The summed E-state index contributed by atoms with van der Waals surface area (Å²) >= 11 is -11.0. The van der Waals surface area contributed by atoms with Gasteiger partial charge >= 0.3 is 330 Å². The molecule has 0 spiro atoms. The Labute approximate surface area is 553 Å². The van der Waals surface area contributed by atoms with Gasteiger partial charge in [-0.1, -0.05) is 157 Å². The van der Waals surface area contributed by atoms with Crippen LogP contribution in [-0.4, -0.2) is 44.3 Å². The van der Waals surface area contributed by atoms with Crippen molar-refractivity contribution in [3.63, 3.8) is 0 Å². The standard InChI is InChI=1S/2C9H18.C7H14.C6H12.8C4H9N.4CH3.2ClH.2FH.4W/c1-9(2,3)8-6-4-5-7-8;1-2-3-6-9-7-4-5-8-9;1-2-7-5-3-4-6-7;1-6-4-2-3-5-6;8*1-4(2,3)5;;;;;;;;;;;;/h8H,4-7H2,1-3H3;9H,2-8H2,1H3;7H,2-6H2,1H3;6H,2-5H2,1H3;8*1-3H3;4*1H3;4*1H;;;;/q;;;;;;;;;;;;4*-1;;;;;4*+1/p-4. The van der Waals surface area contributed by atoms with Crippen molar-refractivity contribution in [2.75, 3.05) is 0 Å². The molecule has 0 N–H and O–H groups in total. The molecule has 0 unspecified atom stereocenters. The summed E-state index contributed by atoms with van der Waals surface area (Å²) in [7, 11) is 12.2. The van der Waals surface area contributed by atoms with E-state index in [0.29, 0.717) is 5.41 Å². The molecule has 0 amide bonds. The van der Waals surface area contributed by atoms with Crippen molar-refractivity contribution in [1.29, 1.82) is 0 Å². The molecule has 8 nitrogen and oxygen atoms in total. The van der Waals surface area contributed by atoms with Crippen LogP contribution in [0.25, 0.3) is 0 Å². The number of halogens is 4. The first-order valence-corrected chi connectivity index (χ1v) is 50.7. The second-order valence-corrected chi connectivity index (χ2v) is 47.6. The van der Waals surface area contributed by atoms with Gasteiger partial charge in [0.25, 0.3) is 0 Å². The van der Waals surface area contributed by atoms with Crippen LogP contribution in [-0.2, 0) is 66.8 Å². The van der Waals surface area contributed by atoms with Gasteiger partial charge in [-0.25, -0.2) is 0 Å². The predicted octanol–water partition coefficient (Wildman–Crippen LogP) is 27.5. The van der Waals surface area contributed by atoms with Crippen molar-refractivity contribution in [1.82, 2.24) is 0 Å². The molecule has 0 aliphatic heterocycles. The minimum atomic E-state index is -3.22. The number of rotatable bonds is 4. The van der Waals surface area contributed by atoms with Crippen molar-refractivity contribution in [2.24, 2.45) is 57.1 Å². The topological polar surface area (TPSA) is 98.9 Å². The molecule has 510 valence electrons. The van der Waals surface area contributed by atoms with Gasteiger partial charge in [-0.2, -0.15) is 0 Å². The molecule has 4 saturated carbocycles. The summed E-state index contributed by atoms with van der Waals surface area (Å²) in [6.07, 6.45) is 29.7. The Morgan fingerprint density at radius 2 is 0.566 bits per heavy atom. The van der Waals surface area contributed by atoms with Crippen LogP contribution in [0.3, 0.4) is 0 Å². The molecule has 0 aromatic rings. The summed E-state index contributed by atoms with van der Waals surface area (Å²) in [5.74, 6) is 4.27. The van der Waals surface area contributed by atoms with E-state index < -0.39 is 66.8 Å². The van der Waals surface area contributed by atoms with E-state index in [1.807, 2.05) is 83.1 Å². The third-order valence-corrected chi connectivity index (χ3v) is 33.8. The molecule has 0 atom stereocenters. The third kappa shape index (κ3) is 83.6. The number of hydrogen-bond donors (Lipinski definition) is 0. The van der Waals surface area contributed by atoms with Crippen LogP contribution in [0.5, 0.6) is 0 Å². The Morgan fingerprint density at radius 1 is 0.349 bits per heavy atom. The zero-order valence-electron chi connectivity index (χ0n) is 61.7. The van der Waals surface area contributed by atoms with Crippen LogP contribution in [0.4, 0.5) is 6.32 Å². The van der Waals surface area contributed by atoms with Crippen molar-refractivity contribution >= 4 is 18.8 Å². The van der Waals surface area contributed by atoms with Gasteiger partial charge in [0.15, 0.2) is 0 Å². The van der Waals surface area contributed by atoms with Crippen molar-refractivity contribution in [2.45, 2.75) is 380 Å². The van der Waals surface area contributed by atoms with Gasteiger partial charge in [-0.15, -0.1) is 0 Å². The second kappa shape index (κ2) is 49.3. The summed E-state index contributed by atoms with van der Waals surface area (Å²) in [5.41, 5.74) is -0.581. The van der Waals surface area contributed by atoms with E-state index in [1.165, 1.54) is 128 Å². The normalized spacial score (nSPS) is 17.5. The Kier molecular flexibility index (Phi) is 59.8. The molecule has 4 aliphatic carbocycles. The first-order valence-electron chi connectivity index (χ1n) is 30.7. The van der Waals surface area contributed by atoms with E-state index in [0.717, 1.165) is 23.7 Å². The Balaban J connectivity index is -0.000000129. The van der Waals surface area contributed by atoms with Crippen LogP contribution in [0.1, 0.15) is 336 Å². The summed E-state index contributed by atoms with van der Waals surface area (Å²) in [5, 5.41) is 0. The van der Waals surface area contributed by atoms with Gasteiger partial charge in [0, 0.05) is 0 Å². The maximum absolute atomic E-state index is 13.3. The summed E-state index contributed by atoms with van der Waals surface area (Å²) in [6, 6.07) is 0. The van der Waals surface area contributed by atoms with E-state index in [-0.39, 0.29) is 74.0 Å². The quantitative estimate of drug-likeness (QED) is 0.251. The second-order valence-electron chi connectivity index (χ2n) is 31.6. The molecule has 0 aromatic carbocycles. The van der Waals surface area contributed by atoms with Crippen molar-refractivity contribution in [3.8, 4) is 0 Å². The molecule has 16 heteroatoms. The fraction of sp³-hybridized carbons (Fsp3) is 0.940. The minimum absolute atomic E-state index is 0. The SMILES string of the molecule is CC(C)(C)C1CCCC1.CC(C)(C)[N]=[W]([Cl])=[N]C(C)(C)C.CC(C)(C)[N]=[W]([Cl])=[N]C(C)(C)C.CC(C)(C)[N]=[W]([F])=[N]C(C)(C)C.CC(C)(C)[N]=[W]([F])=[N]C(C)(C)C.CC1CCCC1.CCC1CCCC1.CCCCC1CCCC1.[CH3-].[CH3-].[CH3-].[CH3-]. The molecule has 4 fully saturated rings. The van der Waals surface area contributed by atoms with Crippen LogP contribution < -0.4 is 0 Å². The average molecular weight is 1910 g/mol. The maximum Gasteiger partial charge on any atom is -0.0414 e. The summed E-state index contributed by atoms with van der Waals surface area (Å²) in [6.45, 7) is 61.7. The molecule has 0 bridgehead atoms. The maximum atomic E-state index is 13.3. The first kappa shape index (κ1) is 101. The Bertz CT molecular complexity index is 1650. The third-order valence-electron chi connectivity index (χ3n) is 11.5. The van der Waals surface area contributed by atoms with Gasteiger partial charge in [0.1, 0.15) is 0 Å². The fourth-order valence-corrected chi connectivity index (χ4v) is 28.4. The van der Waals surface area contributed by atoms with Crippen molar-refractivity contribution < 1.29 is 73.1 Å². The summed E-state index contributed by atoms with van der Waals surface area (Å²) < 4.78 is 60.7. The average Bonchev–Trinajstić information content (AvgIpc) is 4.03. The van der Waals surface area contributed by atoms with Crippen LogP contribution in [0, 0.1) is 58.8 Å². The zero-order chi connectivity index (χ0) is 62.9. The largest absolute Gasteiger partial charge is 0.358 e. The van der Waals surface area contributed by atoms with Crippen LogP contribution in [0.15, 0.2) is 28.0 Å². The monoisotopic (exact) mass is 1910 g/mol. The molecule has 0 radical (unpaired) electrons. The first-order chi connectivity index (χ1) is 35.3. The molecule has 0 aromatic heterocycles. The van der Waals surface area contributed by atoms with Crippen LogP contribution >= 0.6 is 18.8 Å². The molecule has 0 heterocycles. The summed E-state index contributed by atoms with van der Waals surface area (Å²) in [4.78, 5) is 0. The molecule has 4 aliphatic rings. The molecule has 4 rings (SSSR count). The van der Waals surface area contributed by atoms with E-state index in [1.54, 1.807) is 0 Å². The minimum Gasteiger partial charge on any atom is -0.358 e. The van der Waals surface area contributed by atoms with E-state index in [2.05, 4.69) is 153 Å².